The molecule has 15 heteroatoms. The van der Waals surface area contributed by atoms with Crippen LogP contribution in [0.15, 0.2) is 60.8 Å². The van der Waals surface area contributed by atoms with Gasteiger partial charge in [0.2, 0.25) is 5.91 Å². The number of nitrogens with one attached hydrogen (secondary N) is 1. The predicted molar refractivity (Wildman–Crippen MR) is 128 cm³/mol. The molecule has 4 rings (SSSR count). The molecule has 0 unspecified atom stereocenters. The Morgan fingerprint density at radius 1 is 0.829 bits per heavy atom. The number of halogens is 9. The third-order valence-corrected chi connectivity index (χ3v) is 6.04. The Kier molecular flexibility index (Phi) is 8.02. The monoisotopic (exact) mass is 589 g/mol. The van der Waals surface area contributed by atoms with Crippen molar-refractivity contribution in [3.63, 3.8) is 0 Å². The highest BCUT2D eigenvalue weighted by atomic mass is 19.4. The highest BCUT2D eigenvalue weighted by molar-refractivity contribution is 5.82. The number of carbonyl (C=O) groups excluding carboxylic acids is 1. The quantitative estimate of drug-likeness (QED) is 0.270. The number of amides is 1. The summed E-state index contributed by atoms with van der Waals surface area (Å²) in [5.41, 5.74) is 2.19. The number of aromatic nitrogens is 3. The molecule has 0 radical (unpaired) electrons. The molecule has 0 bridgehead atoms. The lowest BCUT2D eigenvalue weighted by atomic mass is 10.0. The van der Waals surface area contributed by atoms with Crippen LogP contribution in [0.3, 0.4) is 0 Å². The minimum Gasteiger partial charge on any atom is -0.348 e. The molecule has 2 aromatic heterocycles. The van der Waals surface area contributed by atoms with Gasteiger partial charge in [0.05, 0.1) is 35.8 Å². The van der Waals surface area contributed by atoms with Gasteiger partial charge in [-0.2, -0.15) is 39.5 Å². The lowest BCUT2D eigenvalue weighted by molar-refractivity contribution is -0.143. The molecule has 1 atom stereocenters. The van der Waals surface area contributed by atoms with E-state index < -0.39 is 53.7 Å². The largest absolute Gasteiger partial charge is 0.416 e. The number of nitrogens with two attached hydrogens (primary N) is 1. The molecular weight excluding hydrogens is 569 g/mol. The standard InChI is InChI=1S/C26H20F9N5O/c27-24(28,29)16-4-1-3-14(7-16)10-19(36)23(41)38-12-21-39-20-5-2-6-37-22(20)40(21)13-15-8-17(25(30,31)32)11-18(9-15)26(33,34)35/h1-9,11,19H,10,12-13,36H2,(H,38,41)/t19-/m1/s1. The fourth-order valence-corrected chi connectivity index (χ4v) is 4.12. The van der Waals surface area contributed by atoms with Crippen LogP contribution in [0.25, 0.3) is 11.2 Å². The number of alkyl halides is 9. The summed E-state index contributed by atoms with van der Waals surface area (Å²) >= 11 is 0. The van der Waals surface area contributed by atoms with Gasteiger partial charge in [0.1, 0.15) is 11.3 Å². The molecule has 218 valence electrons. The van der Waals surface area contributed by atoms with Crippen molar-refractivity contribution in [3.8, 4) is 0 Å². The van der Waals surface area contributed by atoms with Crippen molar-refractivity contribution >= 4 is 17.1 Å². The van der Waals surface area contributed by atoms with Crippen LogP contribution in [-0.4, -0.2) is 26.5 Å². The zero-order chi connectivity index (χ0) is 30.2. The molecule has 0 fully saturated rings. The van der Waals surface area contributed by atoms with E-state index in [4.69, 9.17) is 5.73 Å². The lowest BCUT2D eigenvalue weighted by Crippen LogP contribution is -2.42. The molecule has 3 N–H and O–H groups in total. The van der Waals surface area contributed by atoms with Crippen LogP contribution in [0.5, 0.6) is 0 Å². The topological polar surface area (TPSA) is 85.8 Å². The molecule has 4 aromatic rings. The van der Waals surface area contributed by atoms with E-state index in [-0.39, 0.29) is 47.1 Å². The fraction of sp³-hybridized carbons (Fsp3) is 0.269. The number of fused-ring (bicyclic) bond motifs is 1. The van der Waals surface area contributed by atoms with Gasteiger partial charge >= 0.3 is 18.5 Å². The van der Waals surface area contributed by atoms with Crippen molar-refractivity contribution in [2.75, 3.05) is 0 Å². The maximum atomic E-state index is 13.4. The number of hydrogen-bond acceptors (Lipinski definition) is 4. The molecule has 0 saturated carbocycles. The van der Waals surface area contributed by atoms with Gasteiger partial charge in [0, 0.05) is 6.20 Å². The lowest BCUT2D eigenvalue weighted by Gasteiger charge is -2.16. The number of carbonyl (C=O) groups is 1. The summed E-state index contributed by atoms with van der Waals surface area (Å²) in [6.45, 7) is -0.849. The number of pyridine rings is 1. The summed E-state index contributed by atoms with van der Waals surface area (Å²) < 4.78 is 120. The number of imidazole rings is 1. The molecule has 0 aliphatic rings. The third-order valence-electron chi connectivity index (χ3n) is 6.04. The van der Waals surface area contributed by atoms with Crippen LogP contribution in [0.2, 0.25) is 0 Å². The molecule has 0 saturated heterocycles. The summed E-state index contributed by atoms with van der Waals surface area (Å²) in [5, 5.41) is 2.46. The van der Waals surface area contributed by atoms with Gasteiger partial charge in [0.15, 0.2) is 5.65 Å². The highest BCUT2D eigenvalue weighted by Gasteiger charge is 2.37. The SMILES string of the molecule is N[C@H](Cc1cccc(C(F)(F)F)c1)C(=O)NCc1nc2cccnc2n1Cc1cc(C(F)(F)F)cc(C(F)(F)F)c1. The second kappa shape index (κ2) is 11.0. The maximum Gasteiger partial charge on any atom is 0.416 e. The Balaban J connectivity index is 1.58. The summed E-state index contributed by atoms with van der Waals surface area (Å²) in [4.78, 5) is 21.0. The summed E-state index contributed by atoms with van der Waals surface area (Å²) in [6.07, 6.45) is -13.6. The van der Waals surface area contributed by atoms with Crippen molar-refractivity contribution in [1.29, 1.82) is 0 Å². The third kappa shape index (κ3) is 7.14. The van der Waals surface area contributed by atoms with E-state index in [0.717, 1.165) is 12.1 Å². The number of rotatable bonds is 7. The Hall–Kier alpha value is -4.14. The first-order valence-corrected chi connectivity index (χ1v) is 11.8. The van der Waals surface area contributed by atoms with E-state index in [1.165, 1.54) is 35.0 Å². The smallest absolute Gasteiger partial charge is 0.348 e. The van der Waals surface area contributed by atoms with E-state index in [1.54, 1.807) is 0 Å². The van der Waals surface area contributed by atoms with Gasteiger partial charge in [-0.3, -0.25) is 4.79 Å². The predicted octanol–water partition coefficient (Wildman–Crippen LogP) is 5.72. The van der Waals surface area contributed by atoms with Crippen LogP contribution in [0.4, 0.5) is 39.5 Å². The molecule has 6 nitrogen and oxygen atoms in total. The second-order valence-electron chi connectivity index (χ2n) is 9.10. The molecular formula is C26H20F9N5O. The molecule has 2 heterocycles. The van der Waals surface area contributed by atoms with E-state index in [9.17, 15) is 44.3 Å². The molecule has 1 amide bonds. The normalized spacial score (nSPS) is 13.4. The average molecular weight is 589 g/mol. The van der Waals surface area contributed by atoms with Crippen molar-refractivity contribution in [1.82, 2.24) is 19.9 Å². The molecule has 0 aliphatic heterocycles. The Morgan fingerprint density at radius 2 is 1.44 bits per heavy atom. The minimum absolute atomic E-state index is 0.0146. The van der Waals surface area contributed by atoms with Crippen molar-refractivity contribution in [2.45, 2.75) is 44.1 Å². The minimum atomic E-state index is -5.04. The maximum absolute atomic E-state index is 13.4. The zero-order valence-electron chi connectivity index (χ0n) is 20.7. The average Bonchev–Trinajstić information content (AvgIpc) is 3.22. The van der Waals surface area contributed by atoms with Crippen LogP contribution in [0.1, 0.15) is 33.6 Å². The van der Waals surface area contributed by atoms with Crippen LogP contribution in [-0.2, 0) is 42.8 Å². The first-order valence-electron chi connectivity index (χ1n) is 11.8. The molecule has 2 aromatic carbocycles. The van der Waals surface area contributed by atoms with E-state index >= 15 is 0 Å². The van der Waals surface area contributed by atoms with Gasteiger partial charge in [-0.15, -0.1) is 0 Å². The first kappa shape index (κ1) is 29.8. The Morgan fingerprint density at radius 3 is 2.05 bits per heavy atom. The van der Waals surface area contributed by atoms with Gasteiger partial charge in [-0.25, -0.2) is 9.97 Å². The van der Waals surface area contributed by atoms with E-state index in [2.05, 4.69) is 15.3 Å². The van der Waals surface area contributed by atoms with Crippen LogP contribution >= 0.6 is 0 Å². The summed E-state index contributed by atoms with van der Waals surface area (Å²) in [5.74, 6) is -0.725. The zero-order valence-corrected chi connectivity index (χ0v) is 20.7. The Bertz CT molecular complexity index is 1530. The number of nitrogens with zero attached hydrogens (tertiary/aromatic N) is 3. The van der Waals surface area contributed by atoms with Crippen molar-refractivity contribution < 1.29 is 44.3 Å². The fourth-order valence-electron chi connectivity index (χ4n) is 4.12. The van der Waals surface area contributed by atoms with Gasteiger partial charge < -0.3 is 15.6 Å². The number of benzene rings is 2. The molecule has 41 heavy (non-hydrogen) atoms. The number of hydrogen-bond donors (Lipinski definition) is 2. The highest BCUT2D eigenvalue weighted by Crippen LogP contribution is 2.37. The van der Waals surface area contributed by atoms with E-state index in [0.29, 0.717) is 12.1 Å². The van der Waals surface area contributed by atoms with Crippen molar-refractivity contribution in [3.05, 3.63) is 94.4 Å². The van der Waals surface area contributed by atoms with Crippen molar-refractivity contribution in [2.24, 2.45) is 5.73 Å². The van der Waals surface area contributed by atoms with Gasteiger partial charge in [0.25, 0.3) is 0 Å². The summed E-state index contributed by atoms with van der Waals surface area (Å²) in [7, 11) is 0. The van der Waals surface area contributed by atoms with E-state index in [1.807, 2.05) is 0 Å². The van der Waals surface area contributed by atoms with Gasteiger partial charge in [-0.1, -0.05) is 18.2 Å². The molecule has 0 aliphatic carbocycles. The molecule has 0 spiro atoms. The second-order valence-corrected chi connectivity index (χ2v) is 9.10. The Labute approximate surface area is 226 Å². The van der Waals surface area contributed by atoms with Crippen LogP contribution in [0, 0.1) is 0 Å². The summed E-state index contributed by atoms with van der Waals surface area (Å²) in [6, 6.07) is 7.21. The first-order chi connectivity index (χ1) is 19.0. The van der Waals surface area contributed by atoms with Gasteiger partial charge in [-0.05, 0) is 53.9 Å². The van der Waals surface area contributed by atoms with Crippen LogP contribution < -0.4 is 11.1 Å².